The van der Waals surface area contributed by atoms with Crippen molar-refractivity contribution in [2.75, 3.05) is 12.4 Å². The van der Waals surface area contributed by atoms with Crippen molar-refractivity contribution >= 4 is 29.4 Å². The Balaban J connectivity index is 1.56. The monoisotopic (exact) mass is 525 g/mol. The van der Waals surface area contributed by atoms with Crippen LogP contribution in [0.3, 0.4) is 0 Å². The minimum absolute atomic E-state index is 0.207. The van der Waals surface area contributed by atoms with Crippen LogP contribution in [0.1, 0.15) is 53.4 Å². The number of carbonyl (C=O) groups is 2. The van der Waals surface area contributed by atoms with E-state index in [1.54, 1.807) is 39.1 Å². The third-order valence-electron chi connectivity index (χ3n) is 6.62. The van der Waals surface area contributed by atoms with Crippen LogP contribution in [-0.2, 0) is 11.3 Å². The lowest BCUT2D eigenvalue weighted by Gasteiger charge is -2.29. The number of amides is 2. The van der Waals surface area contributed by atoms with Gasteiger partial charge in [-0.3, -0.25) is 9.59 Å². The van der Waals surface area contributed by atoms with Crippen molar-refractivity contribution in [3.63, 3.8) is 0 Å². The number of carbonyl (C=O) groups excluding carboxylic acids is 2. The summed E-state index contributed by atoms with van der Waals surface area (Å²) < 4.78 is 14.6. The predicted octanol–water partition coefficient (Wildman–Crippen LogP) is 4.26. The standard InChI is InChI=1S/C27H29ClFN5O3/c1-5-22(35)24(19-10-14(2)6-9-21(19)29)32-25(36)15(3)34-13-17-8-7-16(11-18(17)26(34)37)23-20(28)12-31-27(30-4)33-23/h6-12,15,22,24,35H,5,13H2,1-4H3,(H,32,36)(H,30,31,33)/t15-,22+,24+/m1/s1. The first kappa shape index (κ1) is 26.5. The van der Waals surface area contributed by atoms with Gasteiger partial charge in [-0.25, -0.2) is 14.4 Å². The van der Waals surface area contributed by atoms with Gasteiger partial charge in [0.1, 0.15) is 11.9 Å². The van der Waals surface area contributed by atoms with Gasteiger partial charge in [0.2, 0.25) is 11.9 Å². The fraction of sp³-hybridized carbons (Fsp3) is 0.333. The highest BCUT2D eigenvalue weighted by molar-refractivity contribution is 6.33. The molecule has 3 aromatic rings. The molecule has 0 saturated carbocycles. The molecule has 1 aromatic heterocycles. The number of aromatic nitrogens is 2. The molecule has 0 aliphatic carbocycles. The van der Waals surface area contributed by atoms with E-state index >= 15 is 0 Å². The average molecular weight is 526 g/mol. The lowest BCUT2D eigenvalue weighted by Crippen LogP contribution is -2.48. The third kappa shape index (κ3) is 5.28. The normalized spacial score (nSPS) is 15.2. The van der Waals surface area contributed by atoms with Crippen LogP contribution in [0.2, 0.25) is 5.02 Å². The van der Waals surface area contributed by atoms with E-state index in [-0.39, 0.29) is 18.0 Å². The fourth-order valence-corrected chi connectivity index (χ4v) is 4.61. The van der Waals surface area contributed by atoms with Gasteiger partial charge in [0.05, 0.1) is 29.1 Å². The Morgan fingerprint density at radius 1 is 1.27 bits per heavy atom. The van der Waals surface area contributed by atoms with E-state index in [0.717, 1.165) is 11.1 Å². The molecule has 3 N–H and O–H groups in total. The Morgan fingerprint density at radius 2 is 2.03 bits per heavy atom. The summed E-state index contributed by atoms with van der Waals surface area (Å²) in [5, 5.41) is 16.6. The maximum Gasteiger partial charge on any atom is 0.255 e. The quantitative estimate of drug-likeness (QED) is 0.405. The number of nitrogens with one attached hydrogen (secondary N) is 2. The zero-order chi connectivity index (χ0) is 26.9. The van der Waals surface area contributed by atoms with Crippen molar-refractivity contribution in [2.45, 2.75) is 51.9 Å². The minimum atomic E-state index is -0.999. The highest BCUT2D eigenvalue weighted by atomic mass is 35.5. The zero-order valence-electron chi connectivity index (χ0n) is 21.0. The topological polar surface area (TPSA) is 107 Å². The maximum absolute atomic E-state index is 14.6. The molecule has 2 amide bonds. The van der Waals surface area contributed by atoms with Crippen molar-refractivity contribution in [1.29, 1.82) is 0 Å². The number of halogens is 2. The van der Waals surface area contributed by atoms with Crippen molar-refractivity contribution in [3.8, 4) is 11.3 Å². The van der Waals surface area contributed by atoms with Gasteiger partial charge in [0.15, 0.2) is 0 Å². The second-order valence-electron chi connectivity index (χ2n) is 9.11. The molecule has 0 bridgehead atoms. The summed E-state index contributed by atoms with van der Waals surface area (Å²) in [6.07, 6.45) is 0.799. The predicted molar refractivity (Wildman–Crippen MR) is 140 cm³/mol. The van der Waals surface area contributed by atoms with Crippen LogP contribution in [0.25, 0.3) is 11.3 Å². The number of aryl methyl sites for hydroxylation is 1. The van der Waals surface area contributed by atoms with Gasteiger partial charge in [0.25, 0.3) is 5.91 Å². The SMILES string of the molecule is CC[C@H](O)[C@@H](NC(=O)[C@@H](C)N1Cc2ccc(-c3nc(NC)ncc3Cl)cc2C1=O)c1cc(C)ccc1F. The lowest BCUT2D eigenvalue weighted by atomic mass is 9.97. The maximum atomic E-state index is 14.6. The van der Waals surface area contributed by atoms with E-state index in [4.69, 9.17) is 11.6 Å². The van der Waals surface area contributed by atoms with E-state index in [0.29, 0.717) is 34.2 Å². The van der Waals surface area contributed by atoms with Gasteiger partial charge in [0, 0.05) is 30.3 Å². The molecule has 0 spiro atoms. The van der Waals surface area contributed by atoms with Crippen LogP contribution < -0.4 is 10.6 Å². The lowest BCUT2D eigenvalue weighted by molar-refractivity contribution is -0.126. The molecular formula is C27H29ClFN5O3. The molecule has 0 saturated heterocycles. The first-order chi connectivity index (χ1) is 17.6. The summed E-state index contributed by atoms with van der Waals surface area (Å²) in [5.74, 6) is -0.921. The van der Waals surface area contributed by atoms with Crippen LogP contribution in [0.4, 0.5) is 10.3 Å². The molecule has 4 rings (SSSR count). The van der Waals surface area contributed by atoms with E-state index in [1.165, 1.54) is 17.2 Å². The molecular weight excluding hydrogens is 497 g/mol. The number of aliphatic hydroxyl groups is 1. The summed E-state index contributed by atoms with van der Waals surface area (Å²) in [4.78, 5) is 36.5. The Morgan fingerprint density at radius 3 is 2.73 bits per heavy atom. The van der Waals surface area contributed by atoms with Gasteiger partial charge < -0.3 is 20.6 Å². The highest BCUT2D eigenvalue weighted by Gasteiger charge is 2.36. The van der Waals surface area contributed by atoms with Crippen LogP contribution in [-0.4, -0.2) is 51.0 Å². The van der Waals surface area contributed by atoms with Crippen LogP contribution >= 0.6 is 11.6 Å². The summed E-state index contributed by atoms with van der Waals surface area (Å²) in [5.41, 5.74) is 3.36. The van der Waals surface area contributed by atoms with E-state index in [1.807, 2.05) is 19.1 Å². The van der Waals surface area contributed by atoms with Crippen LogP contribution in [0.5, 0.6) is 0 Å². The average Bonchev–Trinajstić information content (AvgIpc) is 3.23. The minimum Gasteiger partial charge on any atom is -0.391 e. The Labute approximate surface area is 219 Å². The van der Waals surface area contributed by atoms with E-state index in [9.17, 15) is 19.1 Å². The zero-order valence-corrected chi connectivity index (χ0v) is 21.8. The van der Waals surface area contributed by atoms with Gasteiger partial charge in [-0.1, -0.05) is 48.4 Å². The molecule has 1 aliphatic rings. The van der Waals surface area contributed by atoms with E-state index < -0.39 is 29.9 Å². The second-order valence-corrected chi connectivity index (χ2v) is 9.52. The first-order valence-electron chi connectivity index (χ1n) is 12.0. The van der Waals surface area contributed by atoms with Crippen molar-refractivity contribution in [1.82, 2.24) is 20.2 Å². The van der Waals surface area contributed by atoms with E-state index in [2.05, 4.69) is 20.6 Å². The molecule has 0 fully saturated rings. The molecule has 8 nitrogen and oxygen atoms in total. The Bertz CT molecular complexity index is 1350. The summed E-state index contributed by atoms with van der Waals surface area (Å²) in [6.45, 7) is 5.42. The van der Waals surface area contributed by atoms with Crippen molar-refractivity contribution in [2.24, 2.45) is 0 Å². The molecule has 0 unspecified atom stereocenters. The number of hydrogen-bond acceptors (Lipinski definition) is 6. The fourth-order valence-electron chi connectivity index (χ4n) is 4.41. The third-order valence-corrected chi connectivity index (χ3v) is 6.89. The van der Waals surface area contributed by atoms with Gasteiger partial charge in [-0.2, -0.15) is 0 Å². The second kappa shape index (κ2) is 10.8. The Kier molecular flexibility index (Phi) is 7.75. The van der Waals surface area contributed by atoms with Crippen LogP contribution in [0, 0.1) is 12.7 Å². The van der Waals surface area contributed by atoms with Gasteiger partial charge in [-0.15, -0.1) is 0 Å². The first-order valence-corrected chi connectivity index (χ1v) is 12.4. The number of hydrogen-bond donors (Lipinski definition) is 3. The number of rotatable bonds is 8. The summed E-state index contributed by atoms with van der Waals surface area (Å²) in [7, 11) is 1.70. The number of nitrogens with zero attached hydrogens (tertiary/aromatic N) is 3. The molecule has 37 heavy (non-hydrogen) atoms. The van der Waals surface area contributed by atoms with Crippen molar-refractivity contribution in [3.05, 3.63) is 75.7 Å². The largest absolute Gasteiger partial charge is 0.391 e. The number of fused-ring (bicyclic) bond motifs is 1. The molecule has 194 valence electrons. The molecule has 1 aliphatic heterocycles. The summed E-state index contributed by atoms with van der Waals surface area (Å²) >= 11 is 6.30. The number of benzene rings is 2. The number of aliphatic hydroxyl groups excluding tert-OH is 1. The molecule has 0 radical (unpaired) electrons. The van der Waals surface area contributed by atoms with Gasteiger partial charge in [-0.05, 0) is 38.0 Å². The smallest absolute Gasteiger partial charge is 0.255 e. The molecule has 2 aromatic carbocycles. The molecule has 3 atom stereocenters. The number of anilines is 1. The molecule has 2 heterocycles. The molecule has 10 heteroatoms. The van der Waals surface area contributed by atoms with Crippen molar-refractivity contribution < 1.29 is 19.1 Å². The highest BCUT2D eigenvalue weighted by Crippen LogP contribution is 2.32. The summed E-state index contributed by atoms with van der Waals surface area (Å²) in [6, 6.07) is 8.09. The van der Waals surface area contributed by atoms with Crippen LogP contribution in [0.15, 0.2) is 42.6 Å². The Hall–Kier alpha value is -3.56. The van der Waals surface area contributed by atoms with Gasteiger partial charge >= 0.3 is 0 Å².